The van der Waals surface area contributed by atoms with Crippen LogP contribution in [0.15, 0.2) is 0 Å². The third kappa shape index (κ3) is 9.94. The van der Waals surface area contributed by atoms with E-state index in [1.807, 2.05) is 0 Å². The Balaban J connectivity index is 4.15. The highest BCUT2D eigenvalue weighted by Gasteiger charge is 2.15. The second kappa shape index (κ2) is 12.5. The Morgan fingerprint density at radius 2 is 1.53 bits per heavy atom. The molecule has 0 aromatic heterocycles. The van der Waals surface area contributed by atoms with Crippen molar-refractivity contribution in [2.24, 2.45) is 0 Å². The van der Waals surface area contributed by atoms with Crippen molar-refractivity contribution >= 4 is 5.91 Å². The highest BCUT2D eigenvalue weighted by molar-refractivity contribution is 5.76. The van der Waals surface area contributed by atoms with Gasteiger partial charge >= 0.3 is 0 Å². The fraction of sp³-hybridized carbons (Fsp3) is 0.938. The van der Waals surface area contributed by atoms with Crippen LogP contribution in [-0.2, 0) is 4.79 Å². The van der Waals surface area contributed by atoms with Gasteiger partial charge < -0.3 is 10.2 Å². The number of unbranched alkanes of at least 4 members (excludes halogenated alkanes) is 4. The molecule has 0 aliphatic carbocycles. The lowest BCUT2D eigenvalue weighted by atomic mass is 10.1. The third-order valence-electron chi connectivity index (χ3n) is 3.45. The number of hydrogen-bond donors (Lipinski definition) is 1. The Hall–Kier alpha value is -0.570. The lowest BCUT2D eigenvalue weighted by molar-refractivity contribution is -0.131. The van der Waals surface area contributed by atoms with E-state index >= 15 is 0 Å². The predicted octanol–water partition coefficient (Wildman–Crippen LogP) is 3.58. The Kier molecular flexibility index (Phi) is 12.1. The molecule has 0 rings (SSSR count). The van der Waals surface area contributed by atoms with Crippen molar-refractivity contribution in [2.75, 3.05) is 19.6 Å². The minimum Gasteiger partial charge on any atom is -0.343 e. The van der Waals surface area contributed by atoms with E-state index in [1.54, 1.807) is 0 Å². The molecule has 0 aliphatic rings. The number of rotatable bonds is 12. The van der Waals surface area contributed by atoms with Crippen LogP contribution in [0.2, 0.25) is 0 Å². The summed E-state index contributed by atoms with van der Waals surface area (Å²) in [6, 6.07) is 0.289. The van der Waals surface area contributed by atoms with Crippen LogP contribution < -0.4 is 5.32 Å². The molecule has 0 aliphatic heterocycles. The Morgan fingerprint density at radius 3 is 1.95 bits per heavy atom. The molecule has 3 heteroatoms. The SMILES string of the molecule is CCCCCN(CCCCC)C(=O)CC(C)NCC. The Bertz CT molecular complexity index is 209. The van der Waals surface area contributed by atoms with Gasteiger partial charge in [0.25, 0.3) is 0 Å². The first kappa shape index (κ1) is 18.4. The molecule has 0 spiro atoms. The van der Waals surface area contributed by atoms with Gasteiger partial charge in [-0.3, -0.25) is 4.79 Å². The summed E-state index contributed by atoms with van der Waals surface area (Å²) in [4.78, 5) is 14.4. The summed E-state index contributed by atoms with van der Waals surface area (Å²) in [6.07, 6.45) is 7.79. The summed E-state index contributed by atoms with van der Waals surface area (Å²) in [6.45, 7) is 11.4. The normalized spacial score (nSPS) is 12.4. The van der Waals surface area contributed by atoms with Gasteiger partial charge in [0, 0.05) is 25.6 Å². The van der Waals surface area contributed by atoms with E-state index in [4.69, 9.17) is 0 Å². The van der Waals surface area contributed by atoms with Crippen molar-refractivity contribution in [1.82, 2.24) is 10.2 Å². The van der Waals surface area contributed by atoms with E-state index in [0.717, 1.165) is 32.5 Å². The van der Waals surface area contributed by atoms with Gasteiger partial charge in [0.15, 0.2) is 0 Å². The van der Waals surface area contributed by atoms with Crippen molar-refractivity contribution in [3.05, 3.63) is 0 Å². The highest BCUT2D eigenvalue weighted by atomic mass is 16.2. The highest BCUT2D eigenvalue weighted by Crippen LogP contribution is 2.06. The molecular weight excluding hydrogens is 236 g/mol. The van der Waals surface area contributed by atoms with Crippen molar-refractivity contribution in [1.29, 1.82) is 0 Å². The fourth-order valence-electron chi connectivity index (χ4n) is 2.28. The van der Waals surface area contributed by atoms with Crippen molar-refractivity contribution < 1.29 is 4.79 Å². The van der Waals surface area contributed by atoms with Crippen molar-refractivity contribution in [2.45, 2.75) is 78.7 Å². The first-order valence-corrected chi connectivity index (χ1v) is 8.16. The molecule has 0 heterocycles. The van der Waals surface area contributed by atoms with E-state index < -0.39 is 0 Å². The van der Waals surface area contributed by atoms with Gasteiger partial charge in [-0.05, 0) is 26.3 Å². The summed E-state index contributed by atoms with van der Waals surface area (Å²) in [5, 5.41) is 3.32. The van der Waals surface area contributed by atoms with Crippen LogP contribution in [0.3, 0.4) is 0 Å². The molecule has 0 saturated heterocycles. The summed E-state index contributed by atoms with van der Waals surface area (Å²) < 4.78 is 0. The second-order valence-electron chi connectivity index (χ2n) is 5.46. The van der Waals surface area contributed by atoms with E-state index in [0.29, 0.717) is 12.3 Å². The number of hydrogen-bond acceptors (Lipinski definition) is 2. The standard InChI is InChI=1S/C16H34N2O/c1-5-8-10-12-18(13-11-9-6-2)16(19)14-15(4)17-7-3/h15,17H,5-14H2,1-4H3. The zero-order chi connectivity index (χ0) is 14.5. The van der Waals surface area contributed by atoms with E-state index in [2.05, 4.69) is 37.9 Å². The summed E-state index contributed by atoms with van der Waals surface area (Å²) in [7, 11) is 0. The third-order valence-corrected chi connectivity index (χ3v) is 3.45. The molecule has 3 nitrogen and oxygen atoms in total. The topological polar surface area (TPSA) is 32.3 Å². The number of carbonyl (C=O) groups is 1. The molecule has 0 radical (unpaired) electrons. The molecule has 0 bridgehead atoms. The quantitative estimate of drug-likeness (QED) is 0.550. The number of carbonyl (C=O) groups excluding carboxylic acids is 1. The minimum atomic E-state index is 0.289. The van der Waals surface area contributed by atoms with Crippen LogP contribution >= 0.6 is 0 Å². The lowest BCUT2D eigenvalue weighted by Crippen LogP contribution is -2.38. The molecule has 0 fully saturated rings. The maximum atomic E-state index is 12.3. The van der Waals surface area contributed by atoms with Gasteiger partial charge in [-0.25, -0.2) is 0 Å². The van der Waals surface area contributed by atoms with Gasteiger partial charge in [-0.2, -0.15) is 0 Å². The zero-order valence-electron chi connectivity index (χ0n) is 13.5. The number of nitrogens with zero attached hydrogens (tertiary/aromatic N) is 1. The molecule has 1 unspecified atom stereocenters. The maximum Gasteiger partial charge on any atom is 0.224 e. The predicted molar refractivity (Wildman–Crippen MR) is 83.4 cm³/mol. The van der Waals surface area contributed by atoms with E-state index in [1.165, 1.54) is 25.7 Å². The molecule has 1 atom stereocenters. The van der Waals surface area contributed by atoms with Gasteiger partial charge in [0.2, 0.25) is 5.91 Å². The largest absolute Gasteiger partial charge is 0.343 e. The van der Waals surface area contributed by atoms with Gasteiger partial charge in [-0.1, -0.05) is 46.5 Å². The van der Waals surface area contributed by atoms with Gasteiger partial charge in [-0.15, -0.1) is 0 Å². The fourth-order valence-corrected chi connectivity index (χ4v) is 2.28. The van der Waals surface area contributed by atoms with Gasteiger partial charge in [0.1, 0.15) is 0 Å². The Morgan fingerprint density at radius 1 is 1.00 bits per heavy atom. The van der Waals surface area contributed by atoms with Crippen molar-refractivity contribution in [3.63, 3.8) is 0 Å². The average Bonchev–Trinajstić information content (AvgIpc) is 2.37. The molecule has 114 valence electrons. The Labute approximate surface area is 120 Å². The summed E-state index contributed by atoms with van der Waals surface area (Å²) in [5.41, 5.74) is 0. The van der Waals surface area contributed by atoms with Crippen LogP contribution in [-0.4, -0.2) is 36.5 Å². The first-order valence-electron chi connectivity index (χ1n) is 8.16. The van der Waals surface area contributed by atoms with E-state index in [9.17, 15) is 4.79 Å². The molecule has 0 aromatic rings. The van der Waals surface area contributed by atoms with Crippen LogP contribution in [0, 0.1) is 0 Å². The van der Waals surface area contributed by atoms with Crippen LogP contribution in [0.5, 0.6) is 0 Å². The van der Waals surface area contributed by atoms with Crippen LogP contribution in [0.1, 0.15) is 72.6 Å². The second-order valence-corrected chi connectivity index (χ2v) is 5.46. The molecule has 0 saturated carbocycles. The zero-order valence-corrected chi connectivity index (χ0v) is 13.5. The average molecular weight is 270 g/mol. The van der Waals surface area contributed by atoms with Crippen LogP contribution in [0.4, 0.5) is 0 Å². The number of nitrogens with one attached hydrogen (secondary N) is 1. The van der Waals surface area contributed by atoms with Gasteiger partial charge in [0.05, 0.1) is 0 Å². The minimum absolute atomic E-state index is 0.289. The monoisotopic (exact) mass is 270 g/mol. The first-order chi connectivity index (χ1) is 9.15. The molecule has 0 aromatic carbocycles. The summed E-state index contributed by atoms with van der Waals surface area (Å²) >= 11 is 0. The lowest BCUT2D eigenvalue weighted by Gasteiger charge is -2.24. The van der Waals surface area contributed by atoms with Crippen molar-refractivity contribution in [3.8, 4) is 0 Å². The number of amides is 1. The van der Waals surface area contributed by atoms with Crippen LogP contribution in [0.25, 0.3) is 0 Å². The molecule has 19 heavy (non-hydrogen) atoms. The molecule has 1 N–H and O–H groups in total. The molecular formula is C16H34N2O. The molecule has 1 amide bonds. The smallest absolute Gasteiger partial charge is 0.224 e. The maximum absolute atomic E-state index is 12.3. The summed E-state index contributed by atoms with van der Waals surface area (Å²) in [5.74, 6) is 0.320. The van der Waals surface area contributed by atoms with E-state index in [-0.39, 0.29) is 6.04 Å².